The molecule has 2 saturated carbocycles. The van der Waals surface area contributed by atoms with Crippen molar-refractivity contribution >= 4 is 6.08 Å². The molecule has 2 aromatic rings. The van der Waals surface area contributed by atoms with Crippen LogP contribution in [0.25, 0.3) is 6.08 Å². The highest BCUT2D eigenvalue weighted by Gasteiger charge is 2.44. The summed E-state index contributed by atoms with van der Waals surface area (Å²) in [7, 11) is 0. The minimum atomic E-state index is -4.35. The van der Waals surface area contributed by atoms with Crippen molar-refractivity contribution in [2.24, 2.45) is 17.8 Å². The molecule has 2 fully saturated rings. The lowest BCUT2D eigenvalue weighted by Gasteiger charge is -2.36. The van der Waals surface area contributed by atoms with Gasteiger partial charge in [0.25, 0.3) is 0 Å². The molecule has 45 heavy (non-hydrogen) atoms. The normalized spacial score (nSPS) is 22.8. The van der Waals surface area contributed by atoms with Gasteiger partial charge in [0.1, 0.15) is 11.6 Å². The summed E-state index contributed by atoms with van der Waals surface area (Å²) in [6, 6.07) is 3.36. The molecule has 4 rings (SSSR count). The van der Waals surface area contributed by atoms with Gasteiger partial charge in [-0.05, 0) is 80.9 Å². The molecule has 0 spiro atoms. The van der Waals surface area contributed by atoms with Gasteiger partial charge in [0.15, 0.2) is 23.6 Å². The van der Waals surface area contributed by atoms with Crippen molar-refractivity contribution in [2.45, 2.75) is 89.5 Å². The number of rotatable bonds is 12. The van der Waals surface area contributed by atoms with Gasteiger partial charge in [-0.1, -0.05) is 38.0 Å². The molecule has 248 valence electrons. The van der Waals surface area contributed by atoms with Crippen LogP contribution in [0.1, 0.15) is 82.3 Å². The first kappa shape index (κ1) is 34.7. The lowest BCUT2D eigenvalue weighted by Crippen LogP contribution is -2.39. The Kier molecular flexibility index (Phi) is 11.5. The third-order valence-electron chi connectivity index (χ3n) is 8.41. The van der Waals surface area contributed by atoms with E-state index >= 15 is 0 Å². The van der Waals surface area contributed by atoms with Gasteiger partial charge in [0.05, 0.1) is 17.6 Å². The van der Waals surface area contributed by atoms with E-state index in [1.54, 1.807) is 12.2 Å². The van der Waals surface area contributed by atoms with E-state index in [-0.39, 0.29) is 29.9 Å². The second-order valence-electron chi connectivity index (χ2n) is 11.7. The predicted molar refractivity (Wildman–Crippen MR) is 149 cm³/mol. The quantitative estimate of drug-likeness (QED) is 0.169. The van der Waals surface area contributed by atoms with Crippen molar-refractivity contribution in [1.29, 1.82) is 0 Å². The van der Waals surface area contributed by atoms with Crippen molar-refractivity contribution in [1.82, 2.24) is 0 Å². The maximum absolute atomic E-state index is 14.9. The van der Waals surface area contributed by atoms with Crippen molar-refractivity contribution < 1.29 is 53.7 Å². The van der Waals surface area contributed by atoms with E-state index in [0.717, 1.165) is 37.8 Å². The summed E-state index contributed by atoms with van der Waals surface area (Å²) in [5, 5.41) is 0. The summed E-state index contributed by atoms with van der Waals surface area (Å²) < 4.78 is 140. The minimum absolute atomic E-state index is 0.00380. The largest absolute Gasteiger partial charge is 0.453 e. The number of allylic oxidation sites excluding steroid dienone is 1. The third-order valence-corrected chi connectivity index (χ3v) is 8.41. The Bertz CT molecular complexity index is 1320. The molecule has 2 aliphatic rings. The van der Waals surface area contributed by atoms with Crippen LogP contribution < -0.4 is 9.47 Å². The highest BCUT2D eigenvalue weighted by molar-refractivity contribution is 5.51. The smallest absolute Gasteiger partial charge is 0.429 e. The summed E-state index contributed by atoms with van der Waals surface area (Å²) in [6.07, 6.45) is -0.708. The van der Waals surface area contributed by atoms with E-state index in [1.807, 2.05) is 0 Å². The van der Waals surface area contributed by atoms with Gasteiger partial charge >= 0.3 is 18.3 Å². The van der Waals surface area contributed by atoms with Gasteiger partial charge in [-0.25, -0.2) is 13.2 Å². The number of alkyl halides is 4. The first-order valence-corrected chi connectivity index (χ1v) is 15.0. The average molecular weight is 651 g/mol. The number of halogens is 9. The fourth-order valence-electron chi connectivity index (χ4n) is 6.05. The molecule has 0 atom stereocenters. The van der Waals surface area contributed by atoms with Crippen LogP contribution >= 0.6 is 0 Å². The Labute approximate surface area is 256 Å². The predicted octanol–water partition coefficient (Wildman–Crippen LogP) is 11.1. The van der Waals surface area contributed by atoms with Crippen LogP contribution in [0.2, 0.25) is 0 Å². The van der Waals surface area contributed by atoms with Crippen molar-refractivity contribution in [3.05, 3.63) is 77.3 Å². The summed E-state index contributed by atoms with van der Waals surface area (Å²) in [5.74, 6) is -7.09. The Morgan fingerprint density at radius 2 is 1.49 bits per heavy atom. The number of benzene rings is 2. The zero-order valence-corrected chi connectivity index (χ0v) is 24.6. The van der Waals surface area contributed by atoms with Crippen LogP contribution in [0.3, 0.4) is 0 Å². The molecule has 0 aliphatic heterocycles. The van der Waals surface area contributed by atoms with Crippen LogP contribution in [0.4, 0.5) is 39.5 Å². The van der Waals surface area contributed by atoms with Gasteiger partial charge < -0.3 is 14.2 Å². The minimum Gasteiger partial charge on any atom is -0.453 e. The number of ether oxygens (including phenoxy) is 3. The van der Waals surface area contributed by atoms with Crippen LogP contribution in [-0.4, -0.2) is 12.2 Å². The van der Waals surface area contributed by atoms with Gasteiger partial charge in [-0.15, -0.1) is 0 Å². The standard InChI is InChI=1S/C33H35F9O3/c1-2-3-20-6-11-23(12-7-20)32(39,40)44-24-13-8-21(9-14-24)4-5-22-10-15-26(27(34)16-22)33(41,42)45-25-17-28(35)31(29(36)18-25)43-19-30(37)38/h4-5,10,15-21,23-24H,2-3,6-9,11-14H2,1H3/b5-4+. The molecular formula is C33H35F9O3. The second-order valence-corrected chi connectivity index (χ2v) is 11.7. The molecule has 12 heteroatoms. The zero-order chi connectivity index (χ0) is 32.8. The van der Waals surface area contributed by atoms with Crippen molar-refractivity contribution in [3.8, 4) is 11.5 Å². The van der Waals surface area contributed by atoms with Crippen LogP contribution in [0.15, 0.2) is 48.8 Å². The van der Waals surface area contributed by atoms with E-state index in [2.05, 4.69) is 16.4 Å². The summed E-state index contributed by atoms with van der Waals surface area (Å²) in [5.41, 5.74) is -0.956. The third kappa shape index (κ3) is 9.43. The lowest BCUT2D eigenvalue weighted by molar-refractivity contribution is -0.301. The van der Waals surface area contributed by atoms with Gasteiger partial charge in [-0.2, -0.15) is 26.3 Å². The van der Waals surface area contributed by atoms with E-state index < -0.39 is 64.8 Å². The fourth-order valence-corrected chi connectivity index (χ4v) is 6.05. The number of hydrogen-bond donors (Lipinski definition) is 0. The van der Waals surface area contributed by atoms with Gasteiger partial charge in [0, 0.05) is 12.1 Å². The van der Waals surface area contributed by atoms with E-state index in [9.17, 15) is 39.5 Å². The molecule has 0 aromatic heterocycles. The molecule has 0 unspecified atom stereocenters. The first-order chi connectivity index (χ1) is 21.3. The molecule has 0 amide bonds. The van der Waals surface area contributed by atoms with E-state index in [0.29, 0.717) is 44.4 Å². The topological polar surface area (TPSA) is 27.7 Å². The van der Waals surface area contributed by atoms with Crippen LogP contribution in [0.5, 0.6) is 11.5 Å². The highest BCUT2D eigenvalue weighted by atomic mass is 19.3. The van der Waals surface area contributed by atoms with Crippen LogP contribution in [-0.2, 0) is 10.8 Å². The molecule has 0 N–H and O–H groups in total. The molecule has 3 nitrogen and oxygen atoms in total. The first-order valence-electron chi connectivity index (χ1n) is 15.0. The monoisotopic (exact) mass is 650 g/mol. The SMILES string of the molecule is CCCC1CCC(C(F)(F)OC2CCC(/C=C/c3ccc(C(F)(F)Oc4cc(F)c(OC=C(F)F)c(F)c4)c(F)c3)CC2)CC1. The maximum Gasteiger partial charge on any atom is 0.429 e. The van der Waals surface area contributed by atoms with Gasteiger partial charge in [0.2, 0.25) is 0 Å². The molecular weight excluding hydrogens is 615 g/mol. The summed E-state index contributed by atoms with van der Waals surface area (Å²) in [6.45, 7) is 2.10. The van der Waals surface area contributed by atoms with E-state index in [1.165, 1.54) is 6.07 Å². The number of hydrogen-bond acceptors (Lipinski definition) is 3. The van der Waals surface area contributed by atoms with Crippen molar-refractivity contribution in [3.63, 3.8) is 0 Å². The van der Waals surface area contributed by atoms with Crippen LogP contribution in [0, 0.1) is 35.2 Å². The molecule has 0 heterocycles. The molecule has 2 aliphatic carbocycles. The average Bonchev–Trinajstić information content (AvgIpc) is 2.96. The summed E-state index contributed by atoms with van der Waals surface area (Å²) in [4.78, 5) is 0. The summed E-state index contributed by atoms with van der Waals surface area (Å²) >= 11 is 0. The lowest BCUT2D eigenvalue weighted by atomic mass is 9.79. The van der Waals surface area contributed by atoms with Gasteiger partial charge in [-0.3, -0.25) is 0 Å². The van der Waals surface area contributed by atoms with Crippen molar-refractivity contribution in [2.75, 3.05) is 0 Å². The van der Waals surface area contributed by atoms with E-state index in [4.69, 9.17) is 4.74 Å². The molecule has 0 radical (unpaired) electrons. The Hall–Kier alpha value is -3.15. The Morgan fingerprint density at radius 1 is 0.844 bits per heavy atom. The second kappa shape index (κ2) is 15.0. The zero-order valence-electron chi connectivity index (χ0n) is 24.6. The molecule has 0 saturated heterocycles. The maximum atomic E-state index is 14.9. The Morgan fingerprint density at radius 3 is 2.07 bits per heavy atom. The Balaban J connectivity index is 1.30. The molecule has 0 bridgehead atoms. The fraction of sp³-hybridized carbons (Fsp3) is 0.515. The molecule has 2 aromatic carbocycles. The highest BCUT2D eigenvalue weighted by Crippen LogP contribution is 2.43.